The molecule has 104 valence electrons. The highest BCUT2D eigenvalue weighted by molar-refractivity contribution is 9.10. The van der Waals surface area contributed by atoms with Gasteiger partial charge in [-0.25, -0.2) is 10.2 Å². The lowest BCUT2D eigenvalue weighted by Gasteiger charge is -2.30. The molecule has 6 nitrogen and oxygen atoms in total. The second kappa shape index (κ2) is 4.76. The summed E-state index contributed by atoms with van der Waals surface area (Å²) in [6.45, 7) is 1.83. The Morgan fingerprint density at radius 3 is 2.80 bits per heavy atom. The standard InChI is InChI=1S/C12H10BrClN4O2/c1-6-8(3-2-7(13)9(6)14)17-4-5-18-10(11(17)19)15-16-12(18)20/h2-5,10,15H,1H3,(H,16,20). The fourth-order valence-electron chi connectivity index (χ4n) is 2.16. The van der Waals surface area contributed by atoms with E-state index in [0.717, 1.165) is 10.0 Å². The van der Waals surface area contributed by atoms with Gasteiger partial charge in [0.15, 0.2) is 6.17 Å². The summed E-state index contributed by atoms with van der Waals surface area (Å²) in [5.74, 6) is -0.257. The quantitative estimate of drug-likeness (QED) is 0.809. The van der Waals surface area contributed by atoms with E-state index in [0.29, 0.717) is 10.7 Å². The second-order valence-electron chi connectivity index (χ2n) is 4.40. The smallest absolute Gasteiger partial charge is 0.283 e. The maximum Gasteiger partial charge on any atom is 0.337 e. The summed E-state index contributed by atoms with van der Waals surface area (Å²) in [4.78, 5) is 26.7. The molecule has 1 fully saturated rings. The molecule has 2 N–H and O–H groups in total. The average molecular weight is 358 g/mol. The number of halogens is 2. The van der Waals surface area contributed by atoms with Gasteiger partial charge < -0.3 is 0 Å². The predicted molar refractivity (Wildman–Crippen MR) is 77.8 cm³/mol. The van der Waals surface area contributed by atoms with Crippen molar-refractivity contribution < 1.29 is 9.59 Å². The van der Waals surface area contributed by atoms with Crippen molar-refractivity contribution in [3.05, 3.63) is 39.6 Å². The van der Waals surface area contributed by atoms with E-state index in [1.54, 1.807) is 24.5 Å². The lowest BCUT2D eigenvalue weighted by Crippen LogP contribution is -2.51. The van der Waals surface area contributed by atoms with Crippen molar-refractivity contribution in [3.63, 3.8) is 0 Å². The zero-order valence-corrected chi connectivity index (χ0v) is 12.7. The maximum atomic E-state index is 12.4. The molecule has 0 spiro atoms. The molecule has 0 bridgehead atoms. The molecule has 1 aromatic rings. The Bertz CT molecular complexity index is 649. The number of carbonyl (C=O) groups is 2. The molecule has 2 heterocycles. The van der Waals surface area contributed by atoms with Crippen LogP contribution in [0.3, 0.4) is 0 Å². The minimum Gasteiger partial charge on any atom is -0.283 e. The zero-order chi connectivity index (χ0) is 14.4. The highest BCUT2D eigenvalue weighted by Gasteiger charge is 2.40. The number of hydrazine groups is 1. The number of hydrogen-bond acceptors (Lipinski definition) is 3. The molecule has 2 aliphatic rings. The van der Waals surface area contributed by atoms with E-state index >= 15 is 0 Å². The van der Waals surface area contributed by atoms with Crippen molar-refractivity contribution in [1.82, 2.24) is 15.8 Å². The first-order valence-corrected chi connectivity index (χ1v) is 6.97. The van der Waals surface area contributed by atoms with Gasteiger partial charge >= 0.3 is 6.03 Å². The van der Waals surface area contributed by atoms with Crippen LogP contribution in [-0.2, 0) is 4.79 Å². The minimum atomic E-state index is -0.741. The summed E-state index contributed by atoms with van der Waals surface area (Å²) < 4.78 is 0.770. The van der Waals surface area contributed by atoms with Crippen LogP contribution in [0.25, 0.3) is 0 Å². The van der Waals surface area contributed by atoms with Crippen LogP contribution in [0, 0.1) is 6.92 Å². The van der Waals surface area contributed by atoms with Gasteiger partial charge in [-0.05, 0) is 40.5 Å². The molecule has 0 aliphatic carbocycles. The van der Waals surface area contributed by atoms with Gasteiger partial charge in [-0.3, -0.25) is 20.0 Å². The number of carbonyl (C=O) groups excluding carboxylic acids is 2. The summed E-state index contributed by atoms with van der Waals surface area (Å²) in [6.07, 6.45) is 2.36. The molecule has 8 heteroatoms. The van der Waals surface area contributed by atoms with Gasteiger partial charge in [0.2, 0.25) is 0 Å². The van der Waals surface area contributed by atoms with E-state index in [9.17, 15) is 9.59 Å². The third kappa shape index (κ3) is 1.90. The van der Waals surface area contributed by atoms with Gasteiger partial charge in [0.05, 0.1) is 10.7 Å². The Labute approximate surface area is 128 Å². The molecular weight excluding hydrogens is 348 g/mol. The molecule has 2 aliphatic heterocycles. The number of fused-ring (bicyclic) bond motifs is 1. The Balaban J connectivity index is 2.02. The van der Waals surface area contributed by atoms with Crippen molar-refractivity contribution in [2.45, 2.75) is 13.1 Å². The third-order valence-electron chi connectivity index (χ3n) is 3.25. The molecule has 1 aromatic carbocycles. The van der Waals surface area contributed by atoms with Gasteiger partial charge in [-0.1, -0.05) is 11.6 Å². The van der Waals surface area contributed by atoms with Crippen LogP contribution in [0.5, 0.6) is 0 Å². The Hall–Kier alpha value is -1.57. The first kappa shape index (κ1) is 13.4. The van der Waals surface area contributed by atoms with Crippen LogP contribution in [0.4, 0.5) is 10.5 Å². The molecule has 1 atom stereocenters. The topological polar surface area (TPSA) is 64.7 Å². The summed E-state index contributed by atoms with van der Waals surface area (Å²) in [5.41, 5.74) is 6.51. The van der Waals surface area contributed by atoms with E-state index in [4.69, 9.17) is 11.6 Å². The minimum absolute atomic E-state index is 0.257. The zero-order valence-electron chi connectivity index (χ0n) is 10.4. The number of amides is 3. The lowest BCUT2D eigenvalue weighted by molar-refractivity contribution is -0.122. The molecule has 3 amide bonds. The van der Waals surface area contributed by atoms with Gasteiger partial charge in [-0.15, -0.1) is 0 Å². The number of hydrogen-bond donors (Lipinski definition) is 2. The number of rotatable bonds is 1. The number of urea groups is 1. The second-order valence-corrected chi connectivity index (χ2v) is 5.63. The Morgan fingerprint density at radius 2 is 2.05 bits per heavy atom. The first-order valence-electron chi connectivity index (χ1n) is 5.80. The normalized spacial score (nSPS) is 21.2. The lowest BCUT2D eigenvalue weighted by atomic mass is 10.1. The molecule has 20 heavy (non-hydrogen) atoms. The maximum absolute atomic E-state index is 12.4. The van der Waals surface area contributed by atoms with E-state index in [-0.39, 0.29) is 11.9 Å². The summed E-state index contributed by atoms with van der Waals surface area (Å²) >= 11 is 9.53. The molecule has 1 unspecified atom stereocenters. The van der Waals surface area contributed by atoms with Gasteiger partial charge in [0.1, 0.15) is 0 Å². The monoisotopic (exact) mass is 356 g/mol. The Morgan fingerprint density at radius 1 is 1.30 bits per heavy atom. The molecule has 3 rings (SSSR count). The van der Waals surface area contributed by atoms with Gasteiger partial charge in [0.25, 0.3) is 5.91 Å². The van der Waals surface area contributed by atoms with Crippen LogP contribution < -0.4 is 15.8 Å². The van der Waals surface area contributed by atoms with Crippen molar-refractivity contribution in [3.8, 4) is 0 Å². The van der Waals surface area contributed by atoms with Crippen molar-refractivity contribution in [1.29, 1.82) is 0 Å². The van der Waals surface area contributed by atoms with Crippen LogP contribution in [0.2, 0.25) is 5.02 Å². The predicted octanol–water partition coefficient (Wildman–Crippen LogP) is 2.08. The van der Waals surface area contributed by atoms with Crippen molar-refractivity contribution in [2.75, 3.05) is 4.90 Å². The number of nitrogens with one attached hydrogen (secondary N) is 2. The molecular formula is C12H10BrClN4O2. The highest BCUT2D eigenvalue weighted by Crippen LogP contribution is 2.34. The highest BCUT2D eigenvalue weighted by atomic mass is 79.9. The van der Waals surface area contributed by atoms with Crippen LogP contribution in [-0.4, -0.2) is 23.0 Å². The van der Waals surface area contributed by atoms with Gasteiger partial charge in [-0.2, -0.15) is 0 Å². The molecule has 0 aromatic heterocycles. The first-order chi connectivity index (χ1) is 9.50. The summed E-state index contributed by atoms with van der Waals surface area (Å²) in [5, 5.41) is 0.555. The summed E-state index contributed by atoms with van der Waals surface area (Å²) in [7, 11) is 0. The van der Waals surface area contributed by atoms with E-state index in [1.807, 2.05) is 6.92 Å². The van der Waals surface area contributed by atoms with E-state index in [1.165, 1.54) is 9.80 Å². The van der Waals surface area contributed by atoms with Crippen LogP contribution in [0.15, 0.2) is 29.0 Å². The van der Waals surface area contributed by atoms with Crippen molar-refractivity contribution >= 4 is 45.2 Å². The largest absolute Gasteiger partial charge is 0.337 e. The van der Waals surface area contributed by atoms with E-state index < -0.39 is 6.17 Å². The van der Waals surface area contributed by atoms with Crippen LogP contribution >= 0.6 is 27.5 Å². The van der Waals surface area contributed by atoms with Gasteiger partial charge in [0, 0.05) is 16.9 Å². The number of nitrogens with zero attached hydrogens (tertiary/aromatic N) is 2. The third-order valence-corrected chi connectivity index (χ3v) is 4.62. The fraction of sp³-hybridized carbons (Fsp3) is 0.167. The Kier molecular flexibility index (Phi) is 3.19. The summed E-state index contributed by atoms with van der Waals surface area (Å²) in [6, 6.07) is 3.22. The molecule has 0 radical (unpaired) electrons. The number of anilines is 1. The SMILES string of the molecule is Cc1c(N2C=CN3C(=O)NNC3C2=O)ccc(Br)c1Cl. The molecule has 0 saturated carbocycles. The average Bonchev–Trinajstić information content (AvgIpc) is 2.80. The number of benzene rings is 1. The fourth-order valence-corrected chi connectivity index (χ4v) is 2.75. The molecule has 1 saturated heterocycles. The van der Waals surface area contributed by atoms with Crippen LogP contribution in [0.1, 0.15) is 5.56 Å². The van der Waals surface area contributed by atoms with E-state index in [2.05, 4.69) is 26.8 Å². The van der Waals surface area contributed by atoms with Crippen molar-refractivity contribution in [2.24, 2.45) is 0 Å².